The molecule has 0 bridgehead atoms. The first-order chi connectivity index (χ1) is 8.83. The van der Waals surface area contributed by atoms with Crippen LogP contribution in [0, 0.1) is 0 Å². The summed E-state index contributed by atoms with van der Waals surface area (Å²) < 4.78 is 1.09. The maximum Gasteiger partial charge on any atom is 0.188 e. The molecule has 1 saturated heterocycles. The van der Waals surface area contributed by atoms with E-state index in [2.05, 4.69) is 9.88 Å². The Morgan fingerprint density at radius 3 is 2.72 bits per heavy atom. The molecule has 0 atom stereocenters. The maximum atomic E-state index is 6.29. The van der Waals surface area contributed by atoms with Gasteiger partial charge < -0.3 is 10.6 Å². The third-order valence-corrected chi connectivity index (χ3v) is 5.11. The van der Waals surface area contributed by atoms with Crippen LogP contribution in [0.3, 0.4) is 0 Å². The summed E-state index contributed by atoms with van der Waals surface area (Å²) in [6, 6.07) is 0. The summed E-state index contributed by atoms with van der Waals surface area (Å²) in [4.78, 5) is 11.7. The van der Waals surface area contributed by atoms with Crippen LogP contribution in [0.4, 0.5) is 10.8 Å². The van der Waals surface area contributed by atoms with Crippen LogP contribution in [0.2, 0.25) is 0 Å². The number of nitrogens with two attached hydrogens (primary N) is 1. The molecule has 5 heteroatoms. The molecule has 2 aromatic heterocycles. The molecule has 0 aromatic carbocycles. The van der Waals surface area contributed by atoms with E-state index in [4.69, 9.17) is 10.7 Å². The molecular formula is C13H16N4S. The minimum atomic E-state index is 0.861. The molecule has 1 fully saturated rings. The van der Waals surface area contributed by atoms with Crippen molar-refractivity contribution in [2.24, 2.45) is 0 Å². The van der Waals surface area contributed by atoms with Gasteiger partial charge in [0.2, 0.25) is 0 Å². The van der Waals surface area contributed by atoms with Crippen LogP contribution in [-0.2, 0) is 12.8 Å². The highest BCUT2D eigenvalue weighted by Gasteiger charge is 2.22. The predicted molar refractivity (Wildman–Crippen MR) is 75.3 cm³/mol. The van der Waals surface area contributed by atoms with E-state index in [1.54, 1.807) is 11.3 Å². The molecule has 2 aliphatic rings. The van der Waals surface area contributed by atoms with E-state index in [-0.39, 0.29) is 0 Å². The Morgan fingerprint density at radius 2 is 1.89 bits per heavy atom. The Balaban J connectivity index is 1.87. The fourth-order valence-corrected chi connectivity index (χ4v) is 4.04. The summed E-state index contributed by atoms with van der Waals surface area (Å²) in [7, 11) is 0. The fourth-order valence-electron chi connectivity index (χ4n) is 3.00. The average molecular weight is 260 g/mol. The summed E-state index contributed by atoms with van der Waals surface area (Å²) in [5, 5.41) is 1.10. The molecule has 0 unspecified atom stereocenters. The number of nitrogen functional groups attached to an aromatic ring is 1. The van der Waals surface area contributed by atoms with Gasteiger partial charge in [0.1, 0.15) is 0 Å². The normalized spacial score (nSPS) is 18.8. The highest BCUT2D eigenvalue weighted by molar-refractivity contribution is 7.22. The van der Waals surface area contributed by atoms with Crippen molar-refractivity contribution >= 4 is 32.5 Å². The molecule has 4 rings (SSSR count). The summed E-state index contributed by atoms with van der Waals surface area (Å²) in [6.45, 7) is 2.25. The molecule has 0 amide bonds. The van der Waals surface area contributed by atoms with Crippen molar-refractivity contribution in [3.05, 3.63) is 11.3 Å². The predicted octanol–water partition coefficient (Wildman–Crippen LogP) is 2.36. The molecule has 3 heterocycles. The standard InChI is InChI=1S/C13H16N4S/c14-10-8-4-3-5-9(8)15-12-11(10)18-13(16-12)17-6-1-2-7-17/h1-7H2,(H2,14,15). The van der Waals surface area contributed by atoms with Crippen molar-refractivity contribution < 1.29 is 0 Å². The van der Waals surface area contributed by atoms with Crippen molar-refractivity contribution in [3.63, 3.8) is 0 Å². The Hall–Kier alpha value is -1.36. The highest BCUT2D eigenvalue weighted by Crippen LogP contribution is 2.38. The van der Waals surface area contributed by atoms with Gasteiger partial charge in [-0.2, -0.15) is 4.98 Å². The first kappa shape index (κ1) is 10.6. The van der Waals surface area contributed by atoms with Gasteiger partial charge in [0.05, 0.1) is 10.4 Å². The van der Waals surface area contributed by atoms with Gasteiger partial charge in [0, 0.05) is 18.8 Å². The van der Waals surface area contributed by atoms with E-state index in [1.807, 2.05) is 0 Å². The van der Waals surface area contributed by atoms with Gasteiger partial charge in [0.15, 0.2) is 10.8 Å². The minimum Gasteiger partial charge on any atom is -0.397 e. The zero-order chi connectivity index (χ0) is 12.1. The Labute approximate surface area is 110 Å². The molecular weight excluding hydrogens is 244 g/mol. The smallest absolute Gasteiger partial charge is 0.188 e. The van der Waals surface area contributed by atoms with Crippen LogP contribution >= 0.6 is 11.3 Å². The van der Waals surface area contributed by atoms with E-state index in [1.165, 1.54) is 30.5 Å². The summed E-state index contributed by atoms with van der Waals surface area (Å²) >= 11 is 1.71. The molecule has 18 heavy (non-hydrogen) atoms. The molecule has 0 saturated carbocycles. The summed E-state index contributed by atoms with van der Waals surface area (Å²) in [5.74, 6) is 0. The lowest BCUT2D eigenvalue weighted by atomic mass is 10.2. The van der Waals surface area contributed by atoms with E-state index in [0.29, 0.717) is 0 Å². The number of anilines is 2. The number of fused-ring (bicyclic) bond motifs is 2. The maximum absolute atomic E-state index is 6.29. The summed E-state index contributed by atoms with van der Waals surface area (Å²) in [6.07, 6.45) is 5.88. The monoisotopic (exact) mass is 260 g/mol. The van der Waals surface area contributed by atoms with Crippen molar-refractivity contribution in [1.29, 1.82) is 0 Å². The zero-order valence-electron chi connectivity index (χ0n) is 10.3. The molecule has 0 radical (unpaired) electrons. The third-order valence-electron chi connectivity index (χ3n) is 3.97. The number of nitrogens with zero attached hydrogens (tertiary/aromatic N) is 3. The lowest BCUT2D eigenvalue weighted by Crippen LogP contribution is -2.16. The average Bonchev–Trinajstić information content (AvgIpc) is 3.08. The second-order valence-corrected chi connectivity index (χ2v) is 6.13. The topological polar surface area (TPSA) is 55.0 Å². The molecule has 1 aliphatic carbocycles. The highest BCUT2D eigenvalue weighted by atomic mass is 32.1. The molecule has 0 spiro atoms. The SMILES string of the molecule is Nc1c2c(nc3nc(N4CCCC4)sc13)CCC2. The van der Waals surface area contributed by atoms with Crippen molar-refractivity contribution in [1.82, 2.24) is 9.97 Å². The van der Waals surface area contributed by atoms with E-state index in [9.17, 15) is 0 Å². The molecule has 2 aromatic rings. The van der Waals surface area contributed by atoms with Crippen LogP contribution in [0.15, 0.2) is 0 Å². The van der Waals surface area contributed by atoms with Crippen LogP contribution in [-0.4, -0.2) is 23.1 Å². The largest absolute Gasteiger partial charge is 0.397 e. The van der Waals surface area contributed by atoms with Crippen LogP contribution < -0.4 is 10.6 Å². The second kappa shape index (κ2) is 3.82. The Bertz CT molecular complexity index is 613. The number of aromatic nitrogens is 2. The number of pyridine rings is 1. The quantitative estimate of drug-likeness (QED) is 0.855. The van der Waals surface area contributed by atoms with E-state index < -0.39 is 0 Å². The van der Waals surface area contributed by atoms with Crippen LogP contribution in [0.5, 0.6) is 0 Å². The lowest BCUT2D eigenvalue weighted by molar-refractivity contribution is 0.900. The molecule has 1 aliphatic heterocycles. The van der Waals surface area contributed by atoms with Gasteiger partial charge in [-0.05, 0) is 37.7 Å². The van der Waals surface area contributed by atoms with Crippen molar-refractivity contribution in [3.8, 4) is 0 Å². The minimum absolute atomic E-state index is 0.861. The first-order valence-electron chi connectivity index (χ1n) is 6.65. The summed E-state index contributed by atoms with van der Waals surface area (Å²) in [5.41, 5.74) is 10.6. The molecule has 2 N–H and O–H groups in total. The van der Waals surface area contributed by atoms with Gasteiger partial charge >= 0.3 is 0 Å². The zero-order valence-corrected chi connectivity index (χ0v) is 11.1. The van der Waals surface area contributed by atoms with Crippen molar-refractivity contribution in [2.75, 3.05) is 23.7 Å². The number of rotatable bonds is 1. The number of thiazole rings is 1. The van der Waals surface area contributed by atoms with Crippen LogP contribution in [0.1, 0.15) is 30.5 Å². The fraction of sp³-hybridized carbons (Fsp3) is 0.538. The van der Waals surface area contributed by atoms with E-state index in [0.717, 1.165) is 47.1 Å². The Morgan fingerprint density at radius 1 is 1.06 bits per heavy atom. The Kier molecular flexibility index (Phi) is 2.24. The van der Waals surface area contributed by atoms with Gasteiger partial charge in [-0.15, -0.1) is 0 Å². The number of aryl methyl sites for hydroxylation is 1. The van der Waals surface area contributed by atoms with Gasteiger partial charge in [0.25, 0.3) is 0 Å². The van der Waals surface area contributed by atoms with Crippen LogP contribution in [0.25, 0.3) is 10.3 Å². The van der Waals surface area contributed by atoms with Crippen molar-refractivity contribution in [2.45, 2.75) is 32.1 Å². The van der Waals surface area contributed by atoms with E-state index >= 15 is 0 Å². The second-order valence-electron chi connectivity index (χ2n) is 5.15. The lowest BCUT2D eigenvalue weighted by Gasteiger charge is -2.11. The number of hydrogen-bond acceptors (Lipinski definition) is 5. The molecule has 4 nitrogen and oxygen atoms in total. The van der Waals surface area contributed by atoms with Gasteiger partial charge in [-0.3, -0.25) is 0 Å². The number of hydrogen-bond donors (Lipinski definition) is 1. The molecule has 94 valence electrons. The first-order valence-corrected chi connectivity index (χ1v) is 7.47. The third kappa shape index (κ3) is 1.43. The van der Waals surface area contributed by atoms with Gasteiger partial charge in [-0.25, -0.2) is 4.98 Å². The van der Waals surface area contributed by atoms with Gasteiger partial charge in [-0.1, -0.05) is 11.3 Å².